The lowest BCUT2D eigenvalue weighted by Gasteiger charge is -2.07. The first-order chi connectivity index (χ1) is 10.3. The molecule has 0 aliphatic carbocycles. The number of tetrazole rings is 1. The smallest absolute Gasteiger partial charge is 0.248 e. The summed E-state index contributed by atoms with van der Waals surface area (Å²) in [5.74, 6) is 2.10. The molecular weight excluding hydrogens is 276 g/mol. The summed E-state index contributed by atoms with van der Waals surface area (Å²) in [5, 5.41) is 14.7. The van der Waals surface area contributed by atoms with Gasteiger partial charge in [0.05, 0.1) is 14.2 Å². The summed E-state index contributed by atoms with van der Waals surface area (Å²) in [6.07, 6.45) is 1.47. The first-order valence-corrected chi connectivity index (χ1v) is 6.06. The fourth-order valence-corrected chi connectivity index (χ4v) is 1.80. The van der Waals surface area contributed by atoms with E-state index < -0.39 is 0 Å². The van der Waals surface area contributed by atoms with Gasteiger partial charge in [0.1, 0.15) is 12.9 Å². The maximum atomic E-state index is 5.25. The second kappa shape index (κ2) is 5.57. The molecule has 2 aromatic heterocycles. The van der Waals surface area contributed by atoms with Gasteiger partial charge in [-0.2, -0.15) is 4.98 Å². The third-order valence-electron chi connectivity index (χ3n) is 2.80. The third-order valence-corrected chi connectivity index (χ3v) is 2.80. The van der Waals surface area contributed by atoms with E-state index in [1.54, 1.807) is 26.4 Å². The largest absolute Gasteiger partial charge is 0.493 e. The van der Waals surface area contributed by atoms with Crippen LogP contribution in [0.4, 0.5) is 0 Å². The molecule has 3 rings (SSSR count). The highest BCUT2D eigenvalue weighted by Crippen LogP contribution is 2.31. The minimum absolute atomic E-state index is 0.313. The maximum absolute atomic E-state index is 5.25. The van der Waals surface area contributed by atoms with E-state index in [9.17, 15) is 0 Å². The van der Waals surface area contributed by atoms with Crippen LogP contribution in [-0.4, -0.2) is 44.6 Å². The lowest BCUT2D eigenvalue weighted by molar-refractivity contribution is 0.355. The summed E-state index contributed by atoms with van der Waals surface area (Å²) >= 11 is 0. The number of nitrogens with zero attached hydrogens (tertiary/aromatic N) is 6. The Morgan fingerprint density at radius 3 is 2.76 bits per heavy atom. The van der Waals surface area contributed by atoms with Crippen molar-refractivity contribution in [2.45, 2.75) is 6.54 Å². The zero-order valence-electron chi connectivity index (χ0n) is 11.4. The summed E-state index contributed by atoms with van der Waals surface area (Å²) in [6, 6.07) is 5.39. The predicted octanol–water partition coefficient (Wildman–Crippen LogP) is 0.789. The Morgan fingerprint density at radius 1 is 1.19 bits per heavy atom. The molecule has 0 aliphatic rings. The van der Waals surface area contributed by atoms with Gasteiger partial charge in [-0.15, -0.1) is 5.10 Å². The SMILES string of the molecule is COc1ccc(-c2noc(Cn3cnnn3)n2)cc1OC. The van der Waals surface area contributed by atoms with Crippen LogP contribution in [0, 0.1) is 0 Å². The second-order valence-corrected chi connectivity index (χ2v) is 4.09. The van der Waals surface area contributed by atoms with Gasteiger partial charge in [0.15, 0.2) is 11.5 Å². The molecule has 0 amide bonds. The van der Waals surface area contributed by atoms with Crippen molar-refractivity contribution < 1.29 is 14.0 Å². The first-order valence-electron chi connectivity index (χ1n) is 6.06. The van der Waals surface area contributed by atoms with Crippen LogP contribution in [0.1, 0.15) is 5.89 Å². The van der Waals surface area contributed by atoms with Gasteiger partial charge in [0, 0.05) is 5.56 Å². The minimum atomic E-state index is 0.313. The molecule has 0 spiro atoms. The van der Waals surface area contributed by atoms with Crippen LogP contribution in [0.3, 0.4) is 0 Å². The summed E-state index contributed by atoms with van der Waals surface area (Å²) in [7, 11) is 3.15. The molecule has 108 valence electrons. The Hall–Kier alpha value is -2.97. The molecule has 0 radical (unpaired) electrons. The van der Waals surface area contributed by atoms with Crippen LogP contribution in [0.2, 0.25) is 0 Å². The molecule has 0 unspecified atom stereocenters. The highest BCUT2D eigenvalue weighted by atomic mass is 16.5. The van der Waals surface area contributed by atoms with Crippen LogP contribution in [0.15, 0.2) is 29.0 Å². The van der Waals surface area contributed by atoms with E-state index in [0.717, 1.165) is 5.56 Å². The van der Waals surface area contributed by atoms with Crippen molar-refractivity contribution in [1.29, 1.82) is 0 Å². The summed E-state index contributed by atoms with van der Waals surface area (Å²) in [4.78, 5) is 4.30. The first kappa shape index (κ1) is 13.0. The van der Waals surface area contributed by atoms with E-state index in [1.165, 1.54) is 11.0 Å². The van der Waals surface area contributed by atoms with Gasteiger partial charge in [-0.05, 0) is 28.6 Å². The molecule has 2 heterocycles. The second-order valence-electron chi connectivity index (χ2n) is 4.09. The Bertz CT molecular complexity index is 724. The summed E-state index contributed by atoms with van der Waals surface area (Å²) < 4.78 is 17.1. The molecule has 0 N–H and O–H groups in total. The number of rotatable bonds is 5. The van der Waals surface area contributed by atoms with Crippen LogP contribution in [0.5, 0.6) is 11.5 Å². The highest BCUT2D eigenvalue weighted by Gasteiger charge is 2.12. The molecule has 3 aromatic rings. The Balaban J connectivity index is 1.85. The number of benzene rings is 1. The van der Waals surface area contributed by atoms with E-state index in [0.29, 0.717) is 29.8 Å². The number of aromatic nitrogens is 6. The Labute approximate surface area is 119 Å². The van der Waals surface area contributed by atoms with Gasteiger partial charge in [0.2, 0.25) is 11.7 Å². The van der Waals surface area contributed by atoms with Gasteiger partial charge in [0.25, 0.3) is 0 Å². The average Bonchev–Trinajstić information content (AvgIpc) is 3.19. The third kappa shape index (κ3) is 2.66. The van der Waals surface area contributed by atoms with E-state index in [-0.39, 0.29) is 0 Å². The quantitative estimate of drug-likeness (QED) is 0.679. The molecule has 0 aliphatic heterocycles. The van der Waals surface area contributed by atoms with Gasteiger partial charge in [-0.3, -0.25) is 0 Å². The van der Waals surface area contributed by atoms with E-state index >= 15 is 0 Å². The monoisotopic (exact) mass is 288 g/mol. The minimum Gasteiger partial charge on any atom is -0.493 e. The van der Waals surface area contributed by atoms with Crippen LogP contribution >= 0.6 is 0 Å². The van der Waals surface area contributed by atoms with Gasteiger partial charge in [-0.1, -0.05) is 5.16 Å². The molecule has 21 heavy (non-hydrogen) atoms. The molecule has 9 heteroatoms. The number of hydrogen-bond acceptors (Lipinski definition) is 8. The predicted molar refractivity (Wildman–Crippen MR) is 69.8 cm³/mol. The zero-order valence-corrected chi connectivity index (χ0v) is 11.4. The number of hydrogen-bond donors (Lipinski definition) is 0. The number of methoxy groups -OCH3 is 2. The van der Waals surface area contributed by atoms with Crippen molar-refractivity contribution in [2.75, 3.05) is 14.2 Å². The number of ether oxygens (including phenoxy) is 2. The lowest BCUT2D eigenvalue weighted by atomic mass is 10.2. The fraction of sp³-hybridized carbons (Fsp3) is 0.250. The fourth-order valence-electron chi connectivity index (χ4n) is 1.80. The van der Waals surface area contributed by atoms with E-state index in [2.05, 4.69) is 25.7 Å². The molecule has 0 fully saturated rings. The normalized spacial score (nSPS) is 10.6. The average molecular weight is 288 g/mol. The zero-order chi connectivity index (χ0) is 14.7. The highest BCUT2D eigenvalue weighted by molar-refractivity contribution is 5.60. The maximum Gasteiger partial charge on any atom is 0.248 e. The Morgan fingerprint density at radius 2 is 2.05 bits per heavy atom. The van der Waals surface area contributed by atoms with Crippen molar-refractivity contribution >= 4 is 0 Å². The standard InChI is InChI=1S/C12H12N6O3/c1-19-9-4-3-8(5-10(9)20-2)12-14-11(21-15-12)6-18-7-13-16-17-18/h3-5,7H,6H2,1-2H3. The summed E-state index contributed by atoms with van der Waals surface area (Å²) in [5.41, 5.74) is 0.763. The lowest BCUT2D eigenvalue weighted by Crippen LogP contribution is -2.00. The molecule has 1 aromatic carbocycles. The van der Waals surface area contributed by atoms with E-state index in [4.69, 9.17) is 14.0 Å². The molecule has 0 bridgehead atoms. The molecule has 0 atom stereocenters. The molecular formula is C12H12N6O3. The van der Waals surface area contributed by atoms with Crippen molar-refractivity contribution in [1.82, 2.24) is 30.3 Å². The van der Waals surface area contributed by atoms with E-state index in [1.807, 2.05) is 6.07 Å². The molecule has 0 saturated heterocycles. The van der Waals surface area contributed by atoms with Crippen molar-refractivity contribution in [3.05, 3.63) is 30.4 Å². The molecule has 9 nitrogen and oxygen atoms in total. The van der Waals surface area contributed by atoms with Gasteiger partial charge >= 0.3 is 0 Å². The molecule has 0 saturated carbocycles. The van der Waals surface area contributed by atoms with Gasteiger partial charge in [-0.25, -0.2) is 4.68 Å². The van der Waals surface area contributed by atoms with Gasteiger partial charge < -0.3 is 14.0 Å². The summed E-state index contributed by atoms with van der Waals surface area (Å²) in [6.45, 7) is 0.313. The van der Waals surface area contributed by atoms with Crippen LogP contribution < -0.4 is 9.47 Å². The van der Waals surface area contributed by atoms with Crippen molar-refractivity contribution in [3.8, 4) is 22.9 Å². The van der Waals surface area contributed by atoms with Crippen molar-refractivity contribution in [2.24, 2.45) is 0 Å². The van der Waals surface area contributed by atoms with Crippen LogP contribution in [0.25, 0.3) is 11.4 Å². The Kier molecular flexibility index (Phi) is 3.46. The topological polar surface area (TPSA) is 101 Å². The van der Waals surface area contributed by atoms with Crippen molar-refractivity contribution in [3.63, 3.8) is 0 Å². The van der Waals surface area contributed by atoms with Crippen LogP contribution in [-0.2, 0) is 6.54 Å².